The molecule has 0 spiro atoms. The maximum Gasteiger partial charge on any atom is 0.407 e. The van der Waals surface area contributed by atoms with Crippen molar-refractivity contribution in [2.75, 3.05) is 31.2 Å². The van der Waals surface area contributed by atoms with Gasteiger partial charge in [0.25, 0.3) is 0 Å². The summed E-state index contributed by atoms with van der Waals surface area (Å²) in [5.74, 6) is 0.649. The van der Waals surface area contributed by atoms with Crippen LogP contribution in [-0.2, 0) is 31.0 Å². The van der Waals surface area contributed by atoms with Crippen LogP contribution < -0.4 is 5.32 Å². The minimum atomic E-state index is -1.10. The Morgan fingerprint density at radius 1 is 0.452 bits per heavy atom. The molecule has 11 aromatic carbocycles. The number of aryl methyl sites for hydroxylation is 2. The molecular formula is C84H74N4O3S2. The zero-order chi connectivity index (χ0) is 63.5. The number of amides is 2. The Morgan fingerprint density at radius 3 is 1.16 bits per heavy atom. The van der Waals surface area contributed by atoms with Gasteiger partial charge in [0.1, 0.15) is 18.2 Å². The van der Waals surface area contributed by atoms with Crippen molar-refractivity contribution in [1.82, 2.24) is 19.8 Å². The number of ether oxygens (including phenoxy) is 1. The van der Waals surface area contributed by atoms with E-state index in [4.69, 9.17) is 9.72 Å². The number of thioether (sulfide) groups is 2. The molecule has 0 saturated carbocycles. The molecule has 0 unspecified atom stereocenters. The zero-order valence-corrected chi connectivity index (χ0v) is 54.0. The molecule has 0 fully saturated rings. The smallest absolute Gasteiger partial charge is 0.407 e. The predicted molar refractivity (Wildman–Crippen MR) is 382 cm³/mol. The molecular weight excluding hydrogens is 1180 g/mol. The van der Waals surface area contributed by atoms with Gasteiger partial charge >= 0.3 is 6.09 Å². The Kier molecular flexibility index (Phi) is 18.8. The summed E-state index contributed by atoms with van der Waals surface area (Å²) in [6.07, 6.45) is 3.32. The normalized spacial score (nSPS) is 12.5. The molecule has 1 N–H and O–H groups in total. The predicted octanol–water partition coefficient (Wildman–Crippen LogP) is 18.1. The van der Waals surface area contributed by atoms with Crippen molar-refractivity contribution in [2.24, 2.45) is 0 Å². The summed E-state index contributed by atoms with van der Waals surface area (Å²) in [6.45, 7) is 5.03. The molecule has 1 heterocycles. The molecule has 13 rings (SSSR count). The Morgan fingerprint density at radius 2 is 0.785 bits per heavy atom. The van der Waals surface area contributed by atoms with Crippen molar-refractivity contribution in [3.05, 3.63) is 400 Å². The lowest BCUT2D eigenvalue weighted by molar-refractivity contribution is -0.132. The molecule has 9 heteroatoms. The minimum Gasteiger partial charge on any atom is -0.449 e. The average Bonchev–Trinajstić information content (AvgIpc) is 1.64. The number of alkyl carbamates (subject to hydrolysis) is 1. The van der Waals surface area contributed by atoms with Crippen molar-refractivity contribution < 1.29 is 14.3 Å². The van der Waals surface area contributed by atoms with Crippen LogP contribution in [0.3, 0.4) is 0 Å². The molecule has 1 aromatic heterocycles. The van der Waals surface area contributed by atoms with E-state index in [1.54, 1.807) is 0 Å². The fourth-order valence-corrected chi connectivity index (χ4v) is 16.8. The largest absolute Gasteiger partial charge is 0.449 e. The minimum absolute atomic E-state index is 0.0733. The number of carbonyl (C=O) groups excluding carboxylic acids is 2. The number of nitrogens with zero attached hydrogens (tertiary/aromatic N) is 3. The highest BCUT2D eigenvalue weighted by atomic mass is 32.2. The number of carbonyl (C=O) groups is 2. The van der Waals surface area contributed by atoms with Gasteiger partial charge in [0.05, 0.1) is 21.5 Å². The van der Waals surface area contributed by atoms with E-state index < -0.39 is 27.2 Å². The molecule has 1 aliphatic carbocycles. The molecule has 0 aliphatic heterocycles. The van der Waals surface area contributed by atoms with Gasteiger partial charge in [0.15, 0.2) is 0 Å². The van der Waals surface area contributed by atoms with Crippen LogP contribution in [0.25, 0.3) is 11.1 Å². The third-order valence-electron chi connectivity index (χ3n) is 18.3. The molecule has 93 heavy (non-hydrogen) atoms. The lowest BCUT2D eigenvalue weighted by Gasteiger charge is -2.38. The van der Waals surface area contributed by atoms with Crippen LogP contribution in [0.5, 0.6) is 0 Å². The second-order valence-corrected chi connectivity index (χ2v) is 26.5. The number of fused-ring (bicyclic) bond motifs is 3. The monoisotopic (exact) mass is 1250 g/mol. The molecule has 7 nitrogen and oxygen atoms in total. The maximum absolute atomic E-state index is 16.6. The van der Waals surface area contributed by atoms with Crippen LogP contribution in [0.15, 0.2) is 322 Å². The topological polar surface area (TPSA) is 76.5 Å². The van der Waals surface area contributed by atoms with Gasteiger partial charge in [-0.25, -0.2) is 9.78 Å². The number of aromatic nitrogens is 2. The first-order valence-corrected chi connectivity index (χ1v) is 34.0. The van der Waals surface area contributed by atoms with Gasteiger partial charge < -0.3 is 19.5 Å². The van der Waals surface area contributed by atoms with Crippen LogP contribution in [0, 0.1) is 13.8 Å². The third-order valence-corrected chi connectivity index (χ3v) is 21.3. The van der Waals surface area contributed by atoms with Gasteiger partial charge in [-0.3, -0.25) is 4.79 Å². The number of nitrogens with one attached hydrogen (secondary N) is 1. The molecule has 1 atom stereocenters. The van der Waals surface area contributed by atoms with E-state index in [1.165, 1.54) is 11.1 Å². The number of imidazole rings is 1. The number of hydrogen-bond acceptors (Lipinski definition) is 6. The highest BCUT2D eigenvalue weighted by Crippen LogP contribution is 2.51. The van der Waals surface area contributed by atoms with Crippen molar-refractivity contribution in [1.29, 1.82) is 0 Å². The van der Waals surface area contributed by atoms with Gasteiger partial charge in [-0.2, -0.15) is 0 Å². The highest BCUT2D eigenvalue weighted by molar-refractivity contribution is 8.01. The van der Waals surface area contributed by atoms with E-state index in [0.717, 1.165) is 72.3 Å². The van der Waals surface area contributed by atoms with E-state index in [2.05, 4.69) is 291 Å². The average molecular weight is 1250 g/mol. The summed E-state index contributed by atoms with van der Waals surface area (Å²) in [4.78, 5) is 38.8. The lowest BCUT2D eigenvalue weighted by Crippen LogP contribution is -2.51. The van der Waals surface area contributed by atoms with Crippen LogP contribution in [0.1, 0.15) is 83.9 Å². The van der Waals surface area contributed by atoms with E-state index in [9.17, 15) is 0 Å². The quantitative estimate of drug-likeness (QED) is 0.0608. The number of benzene rings is 11. The first-order valence-electron chi connectivity index (χ1n) is 32.0. The summed E-state index contributed by atoms with van der Waals surface area (Å²) in [5.41, 5.74) is 16.5. The van der Waals surface area contributed by atoms with E-state index in [-0.39, 0.29) is 24.9 Å². The Balaban J connectivity index is 0.909. The lowest BCUT2D eigenvalue weighted by atomic mass is 9.77. The van der Waals surface area contributed by atoms with Gasteiger partial charge in [-0.1, -0.05) is 321 Å². The fourth-order valence-electron chi connectivity index (χ4n) is 13.8. The summed E-state index contributed by atoms with van der Waals surface area (Å²) in [7, 11) is 0. The van der Waals surface area contributed by atoms with Crippen LogP contribution >= 0.6 is 23.5 Å². The number of rotatable bonds is 24. The zero-order valence-electron chi connectivity index (χ0n) is 52.4. The number of hydrogen-bond donors (Lipinski definition) is 1. The van der Waals surface area contributed by atoms with E-state index in [0.29, 0.717) is 30.3 Å². The molecule has 12 aromatic rings. The third kappa shape index (κ3) is 12.6. The Hall–Kier alpha value is -9.93. The molecule has 0 bridgehead atoms. The van der Waals surface area contributed by atoms with Crippen molar-refractivity contribution in [3.8, 4) is 11.1 Å². The van der Waals surface area contributed by atoms with E-state index in [1.807, 2.05) is 83.4 Å². The molecule has 1 aliphatic rings. The first-order chi connectivity index (χ1) is 45.8. The summed E-state index contributed by atoms with van der Waals surface area (Å²) in [6, 6.07) is 108. The Labute approximate surface area is 555 Å². The molecule has 0 radical (unpaired) electrons. The van der Waals surface area contributed by atoms with Crippen LogP contribution in [0.2, 0.25) is 0 Å². The van der Waals surface area contributed by atoms with Crippen molar-refractivity contribution in [3.63, 3.8) is 0 Å². The summed E-state index contributed by atoms with van der Waals surface area (Å²) < 4.78 is 7.23. The standard InChI is InChI=1S/C84H74N4O3S2/c1-62-46-50-71(51-47-62)83(67-34-16-6-17-35-67,68-36-18-7-19-37-68)92-56-54-87(55-57-93-84(69-38-20-8-21-39-69,70-40-22-9-23-41-70)72-52-48-63(2)49-53-72)80(89)79(86-81(90)91-60-78-76-44-26-24-42-74(76)75-43-25-27-45-77(75)78)58-73-59-88(61-85-73)82(64-28-10-3-11-29-64,65-30-12-4-13-31-65)66-32-14-5-15-33-66/h3-53,59,61,78-79H,54-58,60H2,1-2H3,(H,86,90)/t79-/m0/s1. The SMILES string of the molecule is Cc1ccc(C(SCCN(CCSC(c2ccccc2)(c2ccccc2)c2ccc(C)cc2)C(=O)[C@H](Cc2cn(C(c3ccccc3)(c3ccccc3)c3ccccc3)cn2)NC(=O)OCC2c3ccccc3-c3ccccc32)(c2ccccc2)c2ccccc2)cc1. The molecule has 2 amide bonds. The Bertz CT molecular complexity index is 4040. The molecule has 0 saturated heterocycles. The van der Waals surface area contributed by atoms with Gasteiger partial charge in [-0.05, 0) is 86.2 Å². The van der Waals surface area contributed by atoms with E-state index >= 15 is 9.59 Å². The summed E-state index contributed by atoms with van der Waals surface area (Å²) in [5, 5.41) is 3.22. The van der Waals surface area contributed by atoms with Gasteiger partial charge in [0, 0.05) is 43.1 Å². The van der Waals surface area contributed by atoms with Crippen LogP contribution in [-0.4, -0.2) is 63.7 Å². The van der Waals surface area contributed by atoms with Gasteiger partial charge in [-0.15, -0.1) is 23.5 Å². The fraction of sp³-hybridized carbons (Fsp3) is 0.155. The first kappa shape index (κ1) is 61.9. The molecule has 460 valence electrons. The maximum atomic E-state index is 16.6. The van der Waals surface area contributed by atoms with Gasteiger partial charge in [0.2, 0.25) is 5.91 Å². The van der Waals surface area contributed by atoms with Crippen molar-refractivity contribution in [2.45, 2.75) is 47.3 Å². The second-order valence-electron chi connectivity index (χ2n) is 23.9. The highest BCUT2D eigenvalue weighted by Gasteiger charge is 2.42. The second kappa shape index (κ2) is 28.3. The van der Waals surface area contributed by atoms with Crippen LogP contribution in [0.4, 0.5) is 4.79 Å². The van der Waals surface area contributed by atoms with Crippen molar-refractivity contribution >= 4 is 35.5 Å². The summed E-state index contributed by atoms with van der Waals surface area (Å²) >= 11 is 3.65.